The van der Waals surface area contributed by atoms with Gasteiger partial charge in [0.25, 0.3) is 0 Å². The average molecular weight is 441 g/mol. The molecule has 5 atom stereocenters. The standard InChI is InChI=1S/C26H49FO2Si/c1-8-30(9-2,10-3)29-25(5,6)18-15-24(27)20(4)22-13-14-23-21(16-19-28)12-11-17-26(22,23)7/h16,20,22-24,28H,8-15,17-19H2,1-7H3/t20-,22+,23-,24+,26+/m0/s1. The predicted octanol–water partition coefficient (Wildman–Crippen LogP) is 7.68. The molecule has 4 heteroatoms. The summed E-state index contributed by atoms with van der Waals surface area (Å²) in [6.45, 7) is 15.8. The Balaban J connectivity index is 2.00. The van der Waals surface area contributed by atoms with Gasteiger partial charge in [0.2, 0.25) is 0 Å². The van der Waals surface area contributed by atoms with E-state index in [1.54, 1.807) is 0 Å². The number of hydrogen-bond acceptors (Lipinski definition) is 2. The van der Waals surface area contributed by atoms with Gasteiger partial charge >= 0.3 is 0 Å². The quantitative estimate of drug-likeness (QED) is 0.264. The molecule has 2 aliphatic carbocycles. The lowest BCUT2D eigenvalue weighted by Crippen LogP contribution is -2.45. The van der Waals surface area contributed by atoms with Crippen molar-refractivity contribution < 1.29 is 13.9 Å². The first-order valence-electron chi connectivity index (χ1n) is 12.7. The van der Waals surface area contributed by atoms with Crippen LogP contribution in [0.15, 0.2) is 11.6 Å². The lowest BCUT2D eigenvalue weighted by molar-refractivity contribution is 0.0357. The van der Waals surface area contributed by atoms with E-state index in [2.05, 4.69) is 48.5 Å². The van der Waals surface area contributed by atoms with E-state index in [1.165, 1.54) is 18.4 Å². The molecule has 2 fully saturated rings. The molecule has 0 aromatic carbocycles. The molecule has 0 amide bonds. The Labute approximate surface area is 187 Å². The molecule has 0 bridgehead atoms. The molecule has 0 spiro atoms. The highest BCUT2D eigenvalue weighted by Gasteiger charge is 2.52. The normalized spacial score (nSPS) is 31.0. The number of fused-ring (bicyclic) bond motifs is 1. The highest BCUT2D eigenvalue weighted by atomic mass is 28.4. The molecule has 0 heterocycles. The number of halogens is 1. The summed E-state index contributed by atoms with van der Waals surface area (Å²) in [6.07, 6.45) is 8.46. The van der Waals surface area contributed by atoms with Gasteiger partial charge in [0.15, 0.2) is 8.32 Å². The summed E-state index contributed by atoms with van der Waals surface area (Å²) in [7, 11) is -1.68. The van der Waals surface area contributed by atoms with Gasteiger partial charge < -0.3 is 9.53 Å². The average Bonchev–Trinajstić information content (AvgIpc) is 3.08. The van der Waals surface area contributed by atoms with Gasteiger partial charge in [-0.1, -0.05) is 46.3 Å². The fourth-order valence-corrected chi connectivity index (χ4v) is 10.1. The molecular formula is C26H49FO2Si. The fraction of sp³-hybridized carbons (Fsp3) is 0.923. The van der Waals surface area contributed by atoms with E-state index in [9.17, 15) is 5.11 Å². The maximum absolute atomic E-state index is 15.5. The summed E-state index contributed by atoms with van der Waals surface area (Å²) in [4.78, 5) is 0. The van der Waals surface area contributed by atoms with Crippen LogP contribution in [0.4, 0.5) is 4.39 Å². The Morgan fingerprint density at radius 1 is 1.23 bits per heavy atom. The molecule has 0 saturated heterocycles. The monoisotopic (exact) mass is 440 g/mol. The van der Waals surface area contributed by atoms with Gasteiger partial charge in [0.05, 0.1) is 12.2 Å². The van der Waals surface area contributed by atoms with Crippen LogP contribution in [0.5, 0.6) is 0 Å². The topological polar surface area (TPSA) is 29.5 Å². The van der Waals surface area contributed by atoms with Crippen LogP contribution in [0.2, 0.25) is 18.1 Å². The second-order valence-electron chi connectivity index (χ2n) is 11.1. The van der Waals surface area contributed by atoms with Crippen molar-refractivity contribution in [2.75, 3.05) is 6.61 Å². The Morgan fingerprint density at radius 3 is 2.43 bits per heavy atom. The molecule has 0 radical (unpaired) electrons. The minimum atomic E-state index is -1.68. The Kier molecular flexibility index (Phi) is 9.22. The summed E-state index contributed by atoms with van der Waals surface area (Å²) in [5.74, 6) is 1.08. The largest absolute Gasteiger partial charge is 0.412 e. The van der Waals surface area contributed by atoms with E-state index in [0.717, 1.165) is 43.8 Å². The molecule has 2 nitrogen and oxygen atoms in total. The first kappa shape index (κ1) is 26.1. The predicted molar refractivity (Wildman–Crippen MR) is 129 cm³/mol. The number of rotatable bonds is 11. The zero-order chi connectivity index (χ0) is 22.6. The van der Waals surface area contributed by atoms with Gasteiger partial charge in [0.1, 0.15) is 6.17 Å². The van der Waals surface area contributed by atoms with Crippen molar-refractivity contribution in [1.29, 1.82) is 0 Å². The molecule has 1 N–H and O–H groups in total. The molecule has 176 valence electrons. The van der Waals surface area contributed by atoms with Crippen molar-refractivity contribution in [3.05, 3.63) is 11.6 Å². The first-order chi connectivity index (χ1) is 14.1. The maximum atomic E-state index is 15.5. The summed E-state index contributed by atoms with van der Waals surface area (Å²) >= 11 is 0. The van der Waals surface area contributed by atoms with E-state index in [0.29, 0.717) is 18.3 Å². The number of aliphatic hydroxyl groups is 1. The summed E-state index contributed by atoms with van der Waals surface area (Å²) in [6, 6.07) is 3.43. The second-order valence-corrected chi connectivity index (χ2v) is 15.8. The molecule has 30 heavy (non-hydrogen) atoms. The smallest absolute Gasteiger partial charge is 0.192 e. The van der Waals surface area contributed by atoms with Crippen molar-refractivity contribution in [2.45, 2.75) is 123 Å². The number of allylic oxidation sites excluding steroid dienone is 1. The minimum Gasteiger partial charge on any atom is -0.412 e. The Bertz CT molecular complexity index is 563. The molecule has 2 saturated carbocycles. The molecule has 0 aromatic rings. The van der Waals surface area contributed by atoms with Gasteiger partial charge in [-0.2, -0.15) is 0 Å². The van der Waals surface area contributed by atoms with Crippen LogP contribution >= 0.6 is 0 Å². The van der Waals surface area contributed by atoms with E-state index in [4.69, 9.17) is 4.43 Å². The summed E-state index contributed by atoms with van der Waals surface area (Å²) in [5.41, 5.74) is 1.40. The van der Waals surface area contributed by atoms with Crippen LogP contribution in [0.25, 0.3) is 0 Å². The van der Waals surface area contributed by atoms with Crippen LogP contribution in [-0.2, 0) is 4.43 Å². The van der Waals surface area contributed by atoms with Crippen molar-refractivity contribution in [3.8, 4) is 0 Å². The van der Waals surface area contributed by atoms with Crippen molar-refractivity contribution >= 4 is 8.32 Å². The highest BCUT2D eigenvalue weighted by Crippen LogP contribution is 2.60. The third-order valence-electron chi connectivity index (χ3n) is 9.04. The highest BCUT2D eigenvalue weighted by molar-refractivity contribution is 6.73. The van der Waals surface area contributed by atoms with Gasteiger partial charge in [0, 0.05) is 0 Å². The molecule has 0 unspecified atom stereocenters. The van der Waals surface area contributed by atoms with Crippen LogP contribution in [0.1, 0.15) is 93.4 Å². The lowest BCUT2D eigenvalue weighted by atomic mass is 9.60. The molecule has 2 rings (SSSR count). The fourth-order valence-electron chi connectivity index (χ4n) is 6.91. The Morgan fingerprint density at radius 2 is 1.87 bits per heavy atom. The number of aliphatic hydroxyl groups excluding tert-OH is 1. The summed E-state index contributed by atoms with van der Waals surface area (Å²) < 4.78 is 22.2. The lowest BCUT2D eigenvalue weighted by Gasteiger charge is -2.45. The number of alkyl halides is 1. The van der Waals surface area contributed by atoms with E-state index < -0.39 is 14.5 Å². The van der Waals surface area contributed by atoms with E-state index >= 15 is 4.39 Å². The van der Waals surface area contributed by atoms with Gasteiger partial charge in [-0.15, -0.1) is 0 Å². The van der Waals surface area contributed by atoms with E-state index in [1.807, 2.05) is 6.08 Å². The first-order valence-corrected chi connectivity index (χ1v) is 15.2. The zero-order valence-electron chi connectivity index (χ0n) is 20.9. The van der Waals surface area contributed by atoms with Crippen LogP contribution in [0.3, 0.4) is 0 Å². The van der Waals surface area contributed by atoms with E-state index in [-0.39, 0.29) is 23.5 Å². The number of hydrogen-bond donors (Lipinski definition) is 1. The second kappa shape index (κ2) is 10.6. The molecular weight excluding hydrogens is 391 g/mol. The van der Waals surface area contributed by atoms with Crippen molar-refractivity contribution in [2.24, 2.45) is 23.2 Å². The van der Waals surface area contributed by atoms with Crippen molar-refractivity contribution in [3.63, 3.8) is 0 Å². The van der Waals surface area contributed by atoms with Crippen LogP contribution in [0, 0.1) is 23.2 Å². The maximum Gasteiger partial charge on any atom is 0.192 e. The Hall–Kier alpha value is -0.193. The third-order valence-corrected chi connectivity index (χ3v) is 13.9. The van der Waals surface area contributed by atoms with Crippen LogP contribution in [-0.4, -0.2) is 31.8 Å². The molecule has 0 aromatic heterocycles. The van der Waals surface area contributed by atoms with Gasteiger partial charge in [-0.3, -0.25) is 0 Å². The van der Waals surface area contributed by atoms with Crippen LogP contribution < -0.4 is 0 Å². The van der Waals surface area contributed by atoms with Gasteiger partial charge in [-0.25, -0.2) is 4.39 Å². The molecule has 0 aliphatic heterocycles. The minimum absolute atomic E-state index is 0.0924. The van der Waals surface area contributed by atoms with Crippen molar-refractivity contribution in [1.82, 2.24) is 0 Å². The third kappa shape index (κ3) is 5.59. The molecule has 2 aliphatic rings. The zero-order valence-corrected chi connectivity index (χ0v) is 21.9. The summed E-state index contributed by atoms with van der Waals surface area (Å²) in [5, 5.41) is 9.42. The SMILES string of the molecule is CC[Si](CC)(CC)OC(C)(C)CC[C@@H](F)[C@@H](C)[C@H]1CC[C@H]2C(=CCO)CCC[C@]12C. The van der Waals surface area contributed by atoms with Gasteiger partial charge in [-0.05, 0) is 100 Å².